The van der Waals surface area contributed by atoms with Gasteiger partial charge in [0.15, 0.2) is 0 Å². The Hall–Kier alpha value is -4.21. The van der Waals surface area contributed by atoms with Crippen molar-refractivity contribution in [3.63, 3.8) is 0 Å². The molecule has 0 amide bonds. The molecule has 0 radical (unpaired) electrons. The molecular weight excluding hydrogens is 522 g/mol. The van der Waals surface area contributed by atoms with Gasteiger partial charge < -0.3 is 10.4 Å². The number of hydrogen-bond acceptors (Lipinski definition) is 6. The second-order valence-electron chi connectivity index (χ2n) is 10.6. The van der Waals surface area contributed by atoms with Crippen molar-refractivity contribution in [3.05, 3.63) is 91.3 Å². The van der Waals surface area contributed by atoms with Gasteiger partial charge in [0.05, 0.1) is 10.4 Å². The van der Waals surface area contributed by atoms with E-state index in [2.05, 4.69) is 35.8 Å². The van der Waals surface area contributed by atoms with E-state index in [0.717, 1.165) is 27.8 Å². The highest BCUT2D eigenvalue weighted by molar-refractivity contribution is 7.89. The quantitative estimate of drug-likeness (QED) is 0.192. The van der Waals surface area contributed by atoms with E-state index in [0.29, 0.717) is 24.2 Å². The fraction of sp³-hybridized carbons (Fsp3) is 0.226. The predicted octanol–water partition coefficient (Wildman–Crippen LogP) is 6.01. The number of nitrogens with one attached hydrogen (secondary N) is 2. The molecule has 5 rings (SSSR count). The highest BCUT2D eigenvalue weighted by Crippen LogP contribution is 2.34. The summed E-state index contributed by atoms with van der Waals surface area (Å²) in [5, 5.41) is 19.8. The highest BCUT2D eigenvalue weighted by Gasteiger charge is 2.21. The van der Waals surface area contributed by atoms with Crippen molar-refractivity contribution in [1.82, 2.24) is 19.5 Å². The number of benzene rings is 3. The Morgan fingerprint density at radius 2 is 1.68 bits per heavy atom. The zero-order valence-corrected chi connectivity index (χ0v) is 23.6. The van der Waals surface area contributed by atoms with Crippen molar-refractivity contribution in [3.8, 4) is 28.1 Å². The predicted molar refractivity (Wildman–Crippen MR) is 160 cm³/mol. The van der Waals surface area contributed by atoms with Crippen molar-refractivity contribution in [1.29, 1.82) is 0 Å². The van der Waals surface area contributed by atoms with E-state index in [4.69, 9.17) is 5.10 Å². The minimum Gasteiger partial charge on any atom is -0.508 e. The number of rotatable bonds is 9. The standard InChI is InChI=1S/C31H33N5O3S/c1-31(2,3)36-21-27(30(35-36)24-11-6-12-25(37)19-24)23-15-18-33-29(20-23)32-16-8-17-34-40(38,39)28-14-7-10-22-9-4-5-13-26(22)28/h4-7,9-15,18-21,34,37H,8,16-17H2,1-3H3,(H,32,33). The number of aromatic nitrogens is 3. The molecule has 2 heterocycles. The van der Waals surface area contributed by atoms with Gasteiger partial charge in [-0.05, 0) is 68.5 Å². The number of aromatic hydroxyl groups is 1. The van der Waals surface area contributed by atoms with Crippen LogP contribution in [-0.2, 0) is 15.6 Å². The summed E-state index contributed by atoms with van der Waals surface area (Å²) in [5.41, 5.74) is 3.22. The fourth-order valence-electron chi connectivity index (χ4n) is 4.51. The normalized spacial score (nSPS) is 12.1. The molecule has 0 aliphatic carbocycles. The summed E-state index contributed by atoms with van der Waals surface area (Å²) < 4.78 is 30.6. The molecular formula is C31H33N5O3S. The van der Waals surface area contributed by atoms with E-state index >= 15 is 0 Å². The van der Waals surface area contributed by atoms with Gasteiger partial charge in [0.2, 0.25) is 10.0 Å². The summed E-state index contributed by atoms with van der Waals surface area (Å²) in [6, 6.07) is 23.7. The molecule has 0 saturated heterocycles. The first-order chi connectivity index (χ1) is 19.1. The summed E-state index contributed by atoms with van der Waals surface area (Å²) in [6.45, 7) is 7.09. The monoisotopic (exact) mass is 555 g/mol. The van der Waals surface area contributed by atoms with E-state index in [9.17, 15) is 13.5 Å². The molecule has 40 heavy (non-hydrogen) atoms. The lowest BCUT2D eigenvalue weighted by molar-refractivity contribution is 0.356. The molecule has 0 aliphatic rings. The van der Waals surface area contributed by atoms with Gasteiger partial charge >= 0.3 is 0 Å². The average Bonchev–Trinajstić information content (AvgIpc) is 3.39. The zero-order valence-electron chi connectivity index (χ0n) is 22.8. The Kier molecular flexibility index (Phi) is 7.60. The molecule has 2 aromatic heterocycles. The van der Waals surface area contributed by atoms with Crippen LogP contribution in [0.1, 0.15) is 27.2 Å². The van der Waals surface area contributed by atoms with Crippen LogP contribution in [0.5, 0.6) is 5.75 Å². The second-order valence-corrected chi connectivity index (χ2v) is 12.4. The van der Waals surface area contributed by atoms with Gasteiger partial charge in [0.25, 0.3) is 0 Å². The van der Waals surface area contributed by atoms with Gasteiger partial charge in [0.1, 0.15) is 17.3 Å². The largest absolute Gasteiger partial charge is 0.508 e. The maximum Gasteiger partial charge on any atom is 0.241 e. The number of hydrogen-bond donors (Lipinski definition) is 3. The maximum absolute atomic E-state index is 13.0. The van der Waals surface area contributed by atoms with Crippen LogP contribution in [0, 0.1) is 0 Å². The zero-order chi connectivity index (χ0) is 28.3. The molecule has 9 heteroatoms. The fourth-order valence-corrected chi connectivity index (χ4v) is 5.81. The van der Waals surface area contributed by atoms with Gasteiger partial charge in [-0.3, -0.25) is 4.68 Å². The lowest BCUT2D eigenvalue weighted by Gasteiger charge is -2.18. The Morgan fingerprint density at radius 3 is 2.48 bits per heavy atom. The van der Waals surface area contributed by atoms with Crippen molar-refractivity contribution in [2.24, 2.45) is 0 Å². The summed E-state index contributed by atoms with van der Waals surface area (Å²) in [7, 11) is -3.64. The number of anilines is 1. The van der Waals surface area contributed by atoms with Crippen LogP contribution < -0.4 is 10.0 Å². The van der Waals surface area contributed by atoms with Crippen LogP contribution >= 0.6 is 0 Å². The van der Waals surface area contributed by atoms with E-state index in [1.165, 1.54) is 0 Å². The molecule has 8 nitrogen and oxygen atoms in total. The lowest BCUT2D eigenvalue weighted by Crippen LogP contribution is -2.26. The van der Waals surface area contributed by atoms with Crippen LogP contribution in [0.4, 0.5) is 5.82 Å². The first kappa shape index (κ1) is 27.4. The van der Waals surface area contributed by atoms with E-state index in [1.54, 1.807) is 36.5 Å². The number of sulfonamides is 1. The molecule has 3 aromatic carbocycles. The van der Waals surface area contributed by atoms with Gasteiger partial charge in [-0.25, -0.2) is 18.1 Å². The van der Waals surface area contributed by atoms with Crippen molar-refractivity contribution in [2.75, 3.05) is 18.4 Å². The Labute approximate surface area is 234 Å². The molecule has 0 atom stereocenters. The van der Waals surface area contributed by atoms with Crippen LogP contribution in [0.15, 0.2) is 96.2 Å². The summed E-state index contributed by atoms with van der Waals surface area (Å²) in [4.78, 5) is 4.73. The molecule has 0 unspecified atom stereocenters. The SMILES string of the molecule is CC(C)(C)n1cc(-c2ccnc(NCCCNS(=O)(=O)c3cccc4ccccc34)c2)c(-c2cccc(O)c2)n1. The molecule has 0 saturated carbocycles. The molecule has 206 valence electrons. The number of nitrogens with zero attached hydrogens (tertiary/aromatic N) is 3. The molecule has 0 bridgehead atoms. The van der Waals surface area contributed by atoms with Crippen molar-refractivity contribution in [2.45, 2.75) is 37.6 Å². The summed E-state index contributed by atoms with van der Waals surface area (Å²) >= 11 is 0. The Morgan fingerprint density at radius 1 is 0.900 bits per heavy atom. The number of phenols is 1. The molecule has 0 aliphatic heterocycles. The van der Waals surface area contributed by atoms with Gasteiger partial charge in [-0.1, -0.05) is 48.5 Å². The number of phenolic OH excluding ortho intramolecular Hbond substituents is 1. The smallest absolute Gasteiger partial charge is 0.241 e. The van der Waals surface area contributed by atoms with Crippen LogP contribution in [0.2, 0.25) is 0 Å². The molecule has 3 N–H and O–H groups in total. The summed E-state index contributed by atoms with van der Waals surface area (Å²) in [5.74, 6) is 0.863. The van der Waals surface area contributed by atoms with Gasteiger partial charge in [-0.15, -0.1) is 0 Å². The Balaban J connectivity index is 1.27. The van der Waals surface area contributed by atoms with Crippen LogP contribution in [0.3, 0.4) is 0 Å². The van der Waals surface area contributed by atoms with Gasteiger partial charge in [-0.2, -0.15) is 5.10 Å². The highest BCUT2D eigenvalue weighted by atomic mass is 32.2. The maximum atomic E-state index is 13.0. The third-order valence-corrected chi connectivity index (χ3v) is 8.10. The van der Waals surface area contributed by atoms with E-state index in [-0.39, 0.29) is 22.7 Å². The molecule has 0 fully saturated rings. The molecule has 0 spiro atoms. The van der Waals surface area contributed by atoms with Crippen molar-refractivity contribution < 1.29 is 13.5 Å². The van der Waals surface area contributed by atoms with E-state index in [1.807, 2.05) is 59.4 Å². The number of pyridine rings is 1. The molecule has 5 aromatic rings. The minimum atomic E-state index is -3.64. The first-order valence-electron chi connectivity index (χ1n) is 13.2. The van der Waals surface area contributed by atoms with E-state index < -0.39 is 10.0 Å². The summed E-state index contributed by atoms with van der Waals surface area (Å²) in [6.07, 6.45) is 4.33. The second kappa shape index (κ2) is 11.1. The lowest BCUT2D eigenvalue weighted by atomic mass is 10.0. The third kappa shape index (κ3) is 6.00. The number of fused-ring (bicyclic) bond motifs is 1. The van der Waals surface area contributed by atoms with Crippen molar-refractivity contribution >= 4 is 26.6 Å². The third-order valence-electron chi connectivity index (χ3n) is 6.58. The topological polar surface area (TPSA) is 109 Å². The van der Waals surface area contributed by atoms with Crippen LogP contribution in [-0.4, -0.2) is 41.4 Å². The van der Waals surface area contributed by atoms with Gasteiger partial charge in [0, 0.05) is 42.0 Å². The first-order valence-corrected chi connectivity index (χ1v) is 14.7. The Bertz CT molecular complexity index is 1750. The van der Waals surface area contributed by atoms with Crippen LogP contribution in [0.25, 0.3) is 33.2 Å². The minimum absolute atomic E-state index is 0.182. The average molecular weight is 556 g/mol.